The van der Waals surface area contributed by atoms with Crippen LogP contribution in [0.1, 0.15) is 0 Å². The summed E-state index contributed by atoms with van der Waals surface area (Å²) < 4.78 is 8.89. The van der Waals surface area contributed by atoms with Crippen LogP contribution in [0, 0.1) is 0 Å². The van der Waals surface area contributed by atoms with Crippen molar-refractivity contribution in [2.75, 3.05) is 0 Å². The van der Waals surface area contributed by atoms with Crippen molar-refractivity contribution in [3.63, 3.8) is 0 Å². The zero-order valence-corrected chi connectivity index (χ0v) is 34.2. The van der Waals surface area contributed by atoms with Crippen molar-refractivity contribution in [1.82, 2.24) is 15.0 Å². The van der Waals surface area contributed by atoms with E-state index >= 15 is 0 Å². The summed E-state index contributed by atoms with van der Waals surface area (Å²) in [6.45, 7) is 0. The van der Waals surface area contributed by atoms with E-state index < -0.39 is 0 Å². The Morgan fingerprint density at radius 1 is 0.290 bits per heavy atom. The molecular formula is C57H35N3OS. The molecule has 0 bridgehead atoms. The van der Waals surface area contributed by atoms with E-state index in [2.05, 4.69) is 158 Å². The molecule has 0 aliphatic carbocycles. The molecule has 0 amide bonds. The number of furan rings is 1. The lowest BCUT2D eigenvalue weighted by molar-refractivity contribution is 0.669. The molecular weight excluding hydrogens is 775 g/mol. The standard InChI is InChI=1S/C57H35N3OS/c1-4-15-36(16-5-1)43-33-47(54(37-17-6-2-7-18-37)48(34-43)40-28-30-53-49(32-40)46-24-11-13-26-52(46)62-53)39-21-14-22-41(31-39)56-58-55(38-19-8-3-9-20-38)59-57(60-56)42-27-29-45-44-23-10-12-25-50(44)61-51(45)35-42/h1-35H. The third-order valence-electron chi connectivity index (χ3n) is 11.7. The molecule has 0 atom stereocenters. The number of fused-ring (bicyclic) bond motifs is 6. The van der Waals surface area contributed by atoms with E-state index in [-0.39, 0.29) is 0 Å². The first-order chi connectivity index (χ1) is 30.7. The quantitative estimate of drug-likeness (QED) is 0.161. The predicted molar refractivity (Wildman–Crippen MR) is 258 cm³/mol. The van der Waals surface area contributed by atoms with Gasteiger partial charge in [0.2, 0.25) is 0 Å². The molecule has 62 heavy (non-hydrogen) atoms. The van der Waals surface area contributed by atoms with Crippen LogP contribution in [0.3, 0.4) is 0 Å². The molecule has 0 radical (unpaired) electrons. The number of thiophene rings is 1. The topological polar surface area (TPSA) is 51.8 Å². The van der Waals surface area contributed by atoms with Crippen molar-refractivity contribution in [2.45, 2.75) is 0 Å². The van der Waals surface area contributed by atoms with Gasteiger partial charge < -0.3 is 4.42 Å². The summed E-state index contributed by atoms with van der Waals surface area (Å²) in [4.78, 5) is 15.4. The Morgan fingerprint density at radius 2 is 0.806 bits per heavy atom. The summed E-state index contributed by atoms with van der Waals surface area (Å²) in [7, 11) is 0. The van der Waals surface area contributed by atoms with E-state index in [0.29, 0.717) is 17.5 Å². The molecule has 0 fully saturated rings. The molecule has 0 spiro atoms. The highest BCUT2D eigenvalue weighted by atomic mass is 32.1. The zero-order chi connectivity index (χ0) is 41.0. The Labute approximate surface area is 362 Å². The van der Waals surface area contributed by atoms with Gasteiger partial charge >= 0.3 is 0 Å². The van der Waals surface area contributed by atoms with E-state index in [9.17, 15) is 0 Å². The molecule has 0 saturated heterocycles. The first-order valence-corrected chi connectivity index (χ1v) is 21.6. The van der Waals surface area contributed by atoms with Crippen LogP contribution in [0.25, 0.3) is 121 Å². The van der Waals surface area contributed by atoms with Gasteiger partial charge in [-0.3, -0.25) is 0 Å². The van der Waals surface area contributed by atoms with Crippen molar-refractivity contribution < 1.29 is 4.42 Å². The average molecular weight is 810 g/mol. The second kappa shape index (κ2) is 14.9. The summed E-state index contributed by atoms with van der Waals surface area (Å²) in [6, 6.07) is 74.9. The molecule has 4 nitrogen and oxygen atoms in total. The molecule has 12 rings (SSSR count). The van der Waals surface area contributed by atoms with Crippen molar-refractivity contribution in [2.24, 2.45) is 0 Å². The maximum atomic E-state index is 6.30. The number of aromatic nitrogens is 3. The van der Waals surface area contributed by atoms with Crippen molar-refractivity contribution in [1.29, 1.82) is 0 Å². The predicted octanol–water partition coefficient (Wildman–Crippen LogP) is 15.8. The number of para-hydroxylation sites is 1. The van der Waals surface area contributed by atoms with Gasteiger partial charge in [-0.15, -0.1) is 11.3 Å². The third-order valence-corrected chi connectivity index (χ3v) is 12.9. The molecule has 3 heterocycles. The summed E-state index contributed by atoms with van der Waals surface area (Å²) in [5.74, 6) is 1.78. The summed E-state index contributed by atoms with van der Waals surface area (Å²) in [6.07, 6.45) is 0. The van der Waals surface area contributed by atoms with Gasteiger partial charge in [-0.05, 0) is 99.1 Å². The first kappa shape index (κ1) is 35.9. The number of rotatable bonds is 7. The summed E-state index contributed by atoms with van der Waals surface area (Å²) in [5, 5.41) is 4.70. The Bertz CT molecular complexity index is 3630. The molecule has 0 N–H and O–H groups in total. The van der Waals surface area contributed by atoms with Gasteiger partial charge in [0, 0.05) is 47.6 Å². The lowest BCUT2D eigenvalue weighted by Gasteiger charge is -2.20. The van der Waals surface area contributed by atoms with E-state index in [1.54, 1.807) is 0 Å². The fourth-order valence-corrected chi connectivity index (χ4v) is 9.83. The molecule has 0 saturated carbocycles. The minimum atomic E-state index is 0.580. The maximum absolute atomic E-state index is 6.30. The second-order valence-corrected chi connectivity index (χ2v) is 16.6. The van der Waals surface area contributed by atoms with Crippen LogP contribution < -0.4 is 0 Å². The highest BCUT2D eigenvalue weighted by Gasteiger charge is 2.20. The lowest BCUT2D eigenvalue weighted by Crippen LogP contribution is -2.00. The molecule has 0 aliphatic heterocycles. The van der Waals surface area contributed by atoms with Crippen LogP contribution in [-0.4, -0.2) is 15.0 Å². The highest BCUT2D eigenvalue weighted by Crippen LogP contribution is 2.46. The van der Waals surface area contributed by atoms with Gasteiger partial charge in [0.05, 0.1) is 0 Å². The fraction of sp³-hybridized carbons (Fsp3) is 0. The monoisotopic (exact) mass is 809 g/mol. The van der Waals surface area contributed by atoms with Gasteiger partial charge in [-0.2, -0.15) is 0 Å². The molecule has 290 valence electrons. The van der Waals surface area contributed by atoms with Crippen LogP contribution in [0.2, 0.25) is 0 Å². The first-order valence-electron chi connectivity index (χ1n) is 20.7. The highest BCUT2D eigenvalue weighted by molar-refractivity contribution is 7.25. The molecule has 0 unspecified atom stereocenters. The fourth-order valence-electron chi connectivity index (χ4n) is 8.75. The van der Waals surface area contributed by atoms with Crippen LogP contribution in [0.5, 0.6) is 0 Å². The number of hydrogen-bond donors (Lipinski definition) is 0. The Balaban J connectivity index is 1.07. The van der Waals surface area contributed by atoms with Crippen LogP contribution in [-0.2, 0) is 0 Å². The minimum absolute atomic E-state index is 0.580. The second-order valence-electron chi connectivity index (χ2n) is 15.5. The largest absolute Gasteiger partial charge is 0.456 e. The lowest BCUT2D eigenvalue weighted by atomic mass is 9.84. The molecule has 3 aromatic heterocycles. The minimum Gasteiger partial charge on any atom is -0.456 e. The van der Waals surface area contributed by atoms with Crippen molar-refractivity contribution >= 4 is 53.4 Å². The van der Waals surface area contributed by atoms with Gasteiger partial charge in [0.15, 0.2) is 17.5 Å². The van der Waals surface area contributed by atoms with E-state index in [0.717, 1.165) is 66.4 Å². The Morgan fingerprint density at radius 3 is 1.55 bits per heavy atom. The average Bonchev–Trinajstić information content (AvgIpc) is 3.92. The molecule has 0 aliphatic rings. The van der Waals surface area contributed by atoms with Gasteiger partial charge in [-0.25, -0.2) is 15.0 Å². The maximum Gasteiger partial charge on any atom is 0.164 e. The normalized spacial score (nSPS) is 11.5. The number of hydrogen-bond acceptors (Lipinski definition) is 5. The summed E-state index contributed by atoms with van der Waals surface area (Å²) >= 11 is 1.84. The number of benzene rings is 9. The van der Waals surface area contributed by atoms with Gasteiger partial charge in [0.25, 0.3) is 0 Å². The smallest absolute Gasteiger partial charge is 0.164 e. The SMILES string of the molecule is c1ccc(-c2cc(-c3cccc(-c4nc(-c5ccccc5)nc(-c5ccc6c(c5)oc5ccccc56)n4)c3)c(-c3ccccc3)c(-c3ccc4sc5ccccc5c4c3)c2)cc1. The van der Waals surface area contributed by atoms with Gasteiger partial charge in [-0.1, -0.05) is 158 Å². The summed E-state index contributed by atoms with van der Waals surface area (Å²) in [5.41, 5.74) is 13.5. The molecule has 12 aromatic rings. The van der Waals surface area contributed by atoms with E-state index in [1.807, 2.05) is 65.9 Å². The van der Waals surface area contributed by atoms with Gasteiger partial charge in [0.1, 0.15) is 11.2 Å². The van der Waals surface area contributed by atoms with Crippen LogP contribution in [0.15, 0.2) is 217 Å². The molecule has 5 heteroatoms. The van der Waals surface area contributed by atoms with E-state index in [1.165, 1.54) is 36.9 Å². The Hall–Kier alpha value is -7.99. The molecule has 9 aromatic carbocycles. The van der Waals surface area contributed by atoms with Crippen molar-refractivity contribution in [3.8, 4) is 78.7 Å². The van der Waals surface area contributed by atoms with Crippen LogP contribution >= 0.6 is 11.3 Å². The number of nitrogens with zero attached hydrogens (tertiary/aromatic N) is 3. The van der Waals surface area contributed by atoms with E-state index in [4.69, 9.17) is 19.4 Å². The van der Waals surface area contributed by atoms with Crippen molar-refractivity contribution in [3.05, 3.63) is 212 Å². The zero-order valence-electron chi connectivity index (χ0n) is 33.4. The Kier molecular flexibility index (Phi) is 8.65. The third kappa shape index (κ3) is 6.35. The van der Waals surface area contributed by atoms with Crippen LogP contribution in [0.4, 0.5) is 0 Å².